The molecule has 3 aromatic heterocycles. The summed E-state index contributed by atoms with van der Waals surface area (Å²) in [4.78, 5) is 46.1. The molecule has 0 bridgehead atoms. The highest BCUT2D eigenvalue weighted by atomic mass is 32.1. The second kappa shape index (κ2) is 6.65. The summed E-state index contributed by atoms with van der Waals surface area (Å²) in [5.41, 5.74) is -0.111. The Balaban J connectivity index is 1.75. The van der Waals surface area contributed by atoms with Gasteiger partial charge in [0.25, 0.3) is 11.5 Å². The number of para-hydroxylation sites is 1. The minimum absolute atomic E-state index is 0.276. The minimum Gasteiger partial charge on any atom is -0.306 e. The van der Waals surface area contributed by atoms with Crippen LogP contribution in [0.5, 0.6) is 0 Å². The van der Waals surface area contributed by atoms with Gasteiger partial charge in [-0.05, 0) is 30.3 Å². The van der Waals surface area contributed by atoms with Crippen LogP contribution >= 0.6 is 11.3 Å². The minimum atomic E-state index is -0.544. The molecule has 0 radical (unpaired) electrons. The van der Waals surface area contributed by atoms with Gasteiger partial charge in [0, 0.05) is 18.6 Å². The lowest BCUT2D eigenvalue weighted by molar-refractivity contribution is 0.0992. The van der Waals surface area contributed by atoms with Gasteiger partial charge >= 0.3 is 5.69 Å². The Kier molecular flexibility index (Phi) is 4.17. The van der Waals surface area contributed by atoms with Gasteiger partial charge in [0.05, 0.1) is 16.5 Å². The van der Waals surface area contributed by atoms with Crippen molar-refractivity contribution in [1.29, 1.82) is 0 Å². The molecular formula is C19H14N4O3S. The summed E-state index contributed by atoms with van der Waals surface area (Å²) in [5, 5.41) is 2.41. The number of rotatable bonds is 3. The molecule has 1 aromatic carbocycles. The summed E-state index contributed by atoms with van der Waals surface area (Å²) >= 11 is 1.16. The molecule has 0 aliphatic heterocycles. The van der Waals surface area contributed by atoms with E-state index in [9.17, 15) is 14.4 Å². The summed E-state index contributed by atoms with van der Waals surface area (Å²) in [6, 6.07) is 13.6. The lowest BCUT2D eigenvalue weighted by Crippen LogP contribution is -2.33. The van der Waals surface area contributed by atoms with Crippen LogP contribution in [0.25, 0.3) is 15.9 Å². The molecule has 4 aromatic rings. The van der Waals surface area contributed by atoms with Gasteiger partial charge in [-0.1, -0.05) is 18.2 Å². The Morgan fingerprint density at radius 2 is 1.93 bits per heavy atom. The molecule has 0 aliphatic rings. The molecule has 0 aliphatic carbocycles. The van der Waals surface area contributed by atoms with E-state index in [4.69, 9.17) is 0 Å². The maximum atomic E-state index is 12.7. The molecule has 0 spiro atoms. The van der Waals surface area contributed by atoms with Crippen molar-refractivity contribution in [2.75, 3.05) is 11.9 Å². The van der Waals surface area contributed by atoms with Crippen LogP contribution in [0.4, 0.5) is 5.82 Å². The number of nitrogens with zero attached hydrogens (tertiary/aromatic N) is 3. The fraction of sp³-hybridized carbons (Fsp3) is 0.0526. The van der Waals surface area contributed by atoms with Crippen LogP contribution in [0.3, 0.4) is 0 Å². The van der Waals surface area contributed by atoms with Crippen molar-refractivity contribution in [2.24, 2.45) is 0 Å². The Bertz CT molecular complexity index is 1260. The summed E-state index contributed by atoms with van der Waals surface area (Å²) in [6.07, 6.45) is 1.60. The highest BCUT2D eigenvalue weighted by Crippen LogP contribution is 2.20. The van der Waals surface area contributed by atoms with E-state index in [1.165, 1.54) is 11.0 Å². The van der Waals surface area contributed by atoms with E-state index < -0.39 is 11.2 Å². The Morgan fingerprint density at radius 1 is 1.15 bits per heavy atom. The van der Waals surface area contributed by atoms with E-state index >= 15 is 0 Å². The van der Waals surface area contributed by atoms with Crippen LogP contribution < -0.4 is 16.1 Å². The number of aromatic nitrogens is 3. The van der Waals surface area contributed by atoms with Gasteiger partial charge in [0.15, 0.2) is 0 Å². The Labute approximate surface area is 157 Å². The van der Waals surface area contributed by atoms with Gasteiger partial charge in [-0.25, -0.2) is 14.3 Å². The normalized spacial score (nSPS) is 10.9. The number of benzene rings is 1. The molecular weight excluding hydrogens is 364 g/mol. The SMILES string of the molecule is CN(C(=O)c1csc(-n2c(=O)[nH]c3ccccc3c2=O)c1)c1ccccn1. The number of nitrogens with one attached hydrogen (secondary N) is 1. The summed E-state index contributed by atoms with van der Waals surface area (Å²) in [6.45, 7) is 0. The molecule has 0 saturated carbocycles. The third-order valence-corrected chi connectivity index (χ3v) is 5.07. The average Bonchev–Trinajstić information content (AvgIpc) is 3.17. The number of pyridine rings is 1. The van der Waals surface area contributed by atoms with E-state index in [0.29, 0.717) is 27.3 Å². The van der Waals surface area contributed by atoms with Crippen LogP contribution in [0.1, 0.15) is 10.4 Å². The first-order chi connectivity index (χ1) is 13.1. The van der Waals surface area contributed by atoms with Crippen LogP contribution in [-0.2, 0) is 0 Å². The number of carbonyl (C=O) groups excluding carboxylic acids is 1. The van der Waals surface area contributed by atoms with Gasteiger partial charge in [0.1, 0.15) is 10.8 Å². The molecule has 0 unspecified atom stereocenters. The zero-order valence-corrected chi connectivity index (χ0v) is 15.1. The van der Waals surface area contributed by atoms with Crippen molar-refractivity contribution in [3.05, 3.63) is 86.5 Å². The van der Waals surface area contributed by atoms with E-state index in [1.807, 2.05) is 0 Å². The number of hydrogen-bond donors (Lipinski definition) is 1. The molecule has 0 fully saturated rings. The van der Waals surface area contributed by atoms with Gasteiger partial charge in [-0.15, -0.1) is 11.3 Å². The first kappa shape index (κ1) is 16.9. The fourth-order valence-corrected chi connectivity index (χ4v) is 3.65. The first-order valence-corrected chi connectivity index (χ1v) is 8.96. The predicted molar refractivity (Wildman–Crippen MR) is 105 cm³/mol. The standard InChI is InChI=1S/C19H14N4O3S/c1-22(15-8-4-5-9-20-15)17(24)12-10-16(27-11-12)23-18(25)13-6-2-3-7-14(13)21-19(23)26/h2-11H,1H3,(H,21,26). The molecule has 0 saturated heterocycles. The quantitative estimate of drug-likeness (QED) is 0.593. The first-order valence-electron chi connectivity index (χ1n) is 8.08. The van der Waals surface area contributed by atoms with Crippen LogP contribution in [-0.4, -0.2) is 27.5 Å². The largest absolute Gasteiger partial charge is 0.334 e. The van der Waals surface area contributed by atoms with Gasteiger partial charge in [-0.2, -0.15) is 0 Å². The molecule has 3 heterocycles. The third kappa shape index (κ3) is 2.96. The Hall–Kier alpha value is -3.52. The Morgan fingerprint density at radius 3 is 2.70 bits per heavy atom. The van der Waals surface area contributed by atoms with E-state index in [1.54, 1.807) is 61.1 Å². The van der Waals surface area contributed by atoms with E-state index in [2.05, 4.69) is 9.97 Å². The van der Waals surface area contributed by atoms with E-state index in [0.717, 1.165) is 15.9 Å². The molecule has 1 amide bonds. The number of carbonyl (C=O) groups is 1. The zero-order chi connectivity index (χ0) is 19.0. The van der Waals surface area contributed by atoms with Crippen molar-refractivity contribution in [3.8, 4) is 5.00 Å². The van der Waals surface area contributed by atoms with Crippen LogP contribution in [0.15, 0.2) is 69.7 Å². The number of aromatic amines is 1. The summed E-state index contributed by atoms with van der Waals surface area (Å²) < 4.78 is 1.05. The average molecular weight is 378 g/mol. The molecule has 4 rings (SSSR count). The van der Waals surface area contributed by atoms with Crippen molar-refractivity contribution < 1.29 is 4.79 Å². The predicted octanol–water partition coefficient (Wildman–Crippen LogP) is 2.41. The van der Waals surface area contributed by atoms with E-state index in [-0.39, 0.29) is 5.91 Å². The maximum absolute atomic E-state index is 12.7. The van der Waals surface area contributed by atoms with Crippen LogP contribution in [0, 0.1) is 0 Å². The lowest BCUT2D eigenvalue weighted by Gasteiger charge is -2.14. The van der Waals surface area contributed by atoms with Crippen molar-refractivity contribution >= 4 is 34.0 Å². The lowest BCUT2D eigenvalue weighted by atomic mass is 10.2. The molecule has 1 N–H and O–H groups in total. The van der Waals surface area contributed by atoms with Crippen molar-refractivity contribution in [2.45, 2.75) is 0 Å². The monoisotopic (exact) mass is 378 g/mol. The smallest absolute Gasteiger partial charge is 0.306 e. The van der Waals surface area contributed by atoms with Gasteiger partial charge < -0.3 is 4.98 Å². The summed E-state index contributed by atoms with van der Waals surface area (Å²) in [7, 11) is 1.62. The number of H-pyrrole nitrogens is 1. The molecule has 8 heteroatoms. The topological polar surface area (TPSA) is 88.1 Å². The number of hydrogen-bond acceptors (Lipinski definition) is 5. The maximum Gasteiger partial charge on any atom is 0.334 e. The van der Waals surface area contributed by atoms with Crippen molar-refractivity contribution in [1.82, 2.24) is 14.5 Å². The molecule has 134 valence electrons. The second-order valence-electron chi connectivity index (χ2n) is 5.84. The van der Waals surface area contributed by atoms with Gasteiger partial charge in [-0.3, -0.25) is 14.5 Å². The van der Waals surface area contributed by atoms with Crippen LogP contribution in [0.2, 0.25) is 0 Å². The number of thiophene rings is 1. The molecule has 7 nitrogen and oxygen atoms in total. The molecule has 0 atom stereocenters. The highest BCUT2D eigenvalue weighted by molar-refractivity contribution is 7.12. The third-order valence-electron chi connectivity index (χ3n) is 4.16. The molecule has 27 heavy (non-hydrogen) atoms. The zero-order valence-electron chi connectivity index (χ0n) is 14.2. The number of anilines is 1. The van der Waals surface area contributed by atoms with Crippen molar-refractivity contribution in [3.63, 3.8) is 0 Å². The highest BCUT2D eigenvalue weighted by Gasteiger charge is 2.18. The second-order valence-corrected chi connectivity index (χ2v) is 6.73. The summed E-state index contributed by atoms with van der Waals surface area (Å²) in [5.74, 6) is 0.234. The number of fused-ring (bicyclic) bond motifs is 1. The fourth-order valence-electron chi connectivity index (χ4n) is 2.77. The number of amides is 1. The van der Waals surface area contributed by atoms with Gasteiger partial charge in [0.2, 0.25) is 0 Å².